The van der Waals surface area contributed by atoms with Crippen molar-refractivity contribution in [3.8, 4) is 0 Å². The van der Waals surface area contributed by atoms with E-state index in [1.54, 1.807) is 0 Å². The van der Waals surface area contributed by atoms with Crippen LogP contribution in [0.15, 0.2) is 30.0 Å². The van der Waals surface area contributed by atoms with Crippen LogP contribution in [0, 0.1) is 6.92 Å². The monoisotopic (exact) mass is 251 g/mol. The first-order valence-corrected chi connectivity index (χ1v) is 6.34. The molecule has 0 radical (unpaired) electrons. The van der Waals surface area contributed by atoms with Gasteiger partial charge in [0.15, 0.2) is 0 Å². The Balaban J connectivity index is 2.34. The van der Waals surface area contributed by atoms with Gasteiger partial charge < -0.3 is 10.1 Å². The summed E-state index contributed by atoms with van der Waals surface area (Å²) in [6.07, 6.45) is 4.02. The van der Waals surface area contributed by atoms with Gasteiger partial charge in [0.1, 0.15) is 0 Å². The zero-order valence-corrected chi connectivity index (χ0v) is 11.1. The molecule has 0 amide bonds. The standard InChI is InChI=1S/C14H18ClNO/c1-10-5-3-7-12(13(10)15)14(16-2)11-6-4-8-17-9-11/h3,5,7,9,14,16H,4,6,8H2,1-2H3. The molecule has 0 spiro atoms. The molecule has 1 heterocycles. The van der Waals surface area contributed by atoms with Gasteiger partial charge in [-0.1, -0.05) is 29.8 Å². The van der Waals surface area contributed by atoms with Gasteiger partial charge >= 0.3 is 0 Å². The van der Waals surface area contributed by atoms with Crippen LogP contribution in [0.1, 0.15) is 30.0 Å². The predicted octanol–water partition coefficient (Wildman–Crippen LogP) is 3.60. The molecule has 1 unspecified atom stereocenters. The average Bonchev–Trinajstić information content (AvgIpc) is 2.37. The lowest BCUT2D eigenvalue weighted by molar-refractivity contribution is 0.220. The zero-order chi connectivity index (χ0) is 12.3. The summed E-state index contributed by atoms with van der Waals surface area (Å²) in [5.74, 6) is 0. The molecule has 0 aliphatic carbocycles. The molecule has 2 nitrogen and oxygen atoms in total. The molecule has 1 aromatic carbocycles. The fourth-order valence-electron chi connectivity index (χ4n) is 2.23. The molecule has 0 saturated carbocycles. The largest absolute Gasteiger partial charge is 0.501 e. The van der Waals surface area contributed by atoms with Crippen molar-refractivity contribution in [2.24, 2.45) is 0 Å². The number of hydrogen-bond donors (Lipinski definition) is 1. The van der Waals surface area contributed by atoms with Gasteiger partial charge in [0.25, 0.3) is 0 Å². The SMILES string of the molecule is CNC(C1=COCCC1)c1cccc(C)c1Cl. The van der Waals surface area contributed by atoms with E-state index in [2.05, 4.69) is 11.4 Å². The van der Waals surface area contributed by atoms with Crippen molar-refractivity contribution in [1.82, 2.24) is 5.32 Å². The highest BCUT2D eigenvalue weighted by Gasteiger charge is 2.20. The first kappa shape index (κ1) is 12.5. The second-order valence-electron chi connectivity index (χ2n) is 4.37. The number of nitrogens with one attached hydrogen (secondary N) is 1. The lowest BCUT2D eigenvalue weighted by atomic mass is 9.94. The van der Waals surface area contributed by atoms with Gasteiger partial charge in [-0.2, -0.15) is 0 Å². The first-order chi connectivity index (χ1) is 8.24. The predicted molar refractivity (Wildman–Crippen MR) is 71.3 cm³/mol. The van der Waals surface area contributed by atoms with E-state index in [0.717, 1.165) is 35.6 Å². The Bertz CT molecular complexity index is 428. The number of ether oxygens (including phenoxy) is 1. The maximum atomic E-state index is 6.38. The molecular formula is C14H18ClNO. The summed E-state index contributed by atoms with van der Waals surface area (Å²) in [4.78, 5) is 0. The van der Waals surface area contributed by atoms with Crippen LogP contribution in [-0.4, -0.2) is 13.7 Å². The molecule has 0 aromatic heterocycles. The third-order valence-corrected chi connectivity index (χ3v) is 3.67. The Morgan fingerprint density at radius 2 is 2.24 bits per heavy atom. The molecular weight excluding hydrogens is 234 g/mol. The Kier molecular flexibility index (Phi) is 4.08. The number of aryl methyl sites for hydroxylation is 1. The van der Waals surface area contributed by atoms with Gasteiger partial charge in [0.05, 0.1) is 18.9 Å². The van der Waals surface area contributed by atoms with Crippen LogP contribution in [0.25, 0.3) is 0 Å². The number of likely N-dealkylation sites (N-methyl/N-ethyl adjacent to an activating group) is 1. The minimum absolute atomic E-state index is 0.155. The molecule has 1 atom stereocenters. The summed E-state index contributed by atoms with van der Waals surface area (Å²) >= 11 is 6.38. The van der Waals surface area contributed by atoms with Crippen molar-refractivity contribution in [2.75, 3.05) is 13.7 Å². The van der Waals surface area contributed by atoms with Gasteiger partial charge in [0.2, 0.25) is 0 Å². The molecule has 1 aliphatic rings. The summed E-state index contributed by atoms with van der Waals surface area (Å²) in [5, 5.41) is 4.17. The molecule has 92 valence electrons. The summed E-state index contributed by atoms with van der Waals surface area (Å²) in [6.45, 7) is 2.85. The molecule has 0 bridgehead atoms. The van der Waals surface area contributed by atoms with E-state index in [9.17, 15) is 0 Å². The number of rotatable bonds is 3. The summed E-state index contributed by atoms with van der Waals surface area (Å²) < 4.78 is 5.41. The molecule has 1 aliphatic heterocycles. The lowest BCUT2D eigenvalue weighted by Crippen LogP contribution is -2.21. The maximum Gasteiger partial charge on any atom is 0.0876 e. The van der Waals surface area contributed by atoms with Gasteiger partial charge in [-0.3, -0.25) is 0 Å². The first-order valence-electron chi connectivity index (χ1n) is 5.97. The third kappa shape index (κ3) is 2.64. The van der Waals surface area contributed by atoms with E-state index >= 15 is 0 Å². The number of benzene rings is 1. The number of hydrogen-bond acceptors (Lipinski definition) is 2. The topological polar surface area (TPSA) is 21.3 Å². The highest BCUT2D eigenvalue weighted by Crippen LogP contribution is 2.33. The van der Waals surface area contributed by atoms with Crippen LogP contribution in [0.4, 0.5) is 0 Å². The lowest BCUT2D eigenvalue weighted by Gasteiger charge is -2.24. The van der Waals surface area contributed by atoms with Crippen molar-refractivity contribution < 1.29 is 4.74 Å². The van der Waals surface area contributed by atoms with Gasteiger partial charge in [0, 0.05) is 5.02 Å². The smallest absolute Gasteiger partial charge is 0.0876 e. The highest BCUT2D eigenvalue weighted by molar-refractivity contribution is 6.32. The van der Waals surface area contributed by atoms with Crippen LogP contribution in [0.3, 0.4) is 0 Å². The van der Waals surface area contributed by atoms with E-state index in [0.29, 0.717) is 0 Å². The van der Waals surface area contributed by atoms with Crippen LogP contribution in [-0.2, 0) is 4.74 Å². The highest BCUT2D eigenvalue weighted by atomic mass is 35.5. The summed E-state index contributed by atoms with van der Waals surface area (Å²) in [5.41, 5.74) is 3.51. The van der Waals surface area contributed by atoms with E-state index in [-0.39, 0.29) is 6.04 Å². The molecule has 1 N–H and O–H groups in total. The van der Waals surface area contributed by atoms with Gasteiger partial charge in [-0.15, -0.1) is 0 Å². The third-order valence-electron chi connectivity index (χ3n) is 3.15. The van der Waals surface area contributed by atoms with Crippen LogP contribution in [0.2, 0.25) is 5.02 Å². The molecule has 17 heavy (non-hydrogen) atoms. The quantitative estimate of drug-likeness (QED) is 0.886. The van der Waals surface area contributed by atoms with E-state index in [1.807, 2.05) is 32.4 Å². The van der Waals surface area contributed by atoms with Crippen LogP contribution in [0.5, 0.6) is 0 Å². The average molecular weight is 252 g/mol. The summed E-state index contributed by atoms with van der Waals surface area (Å²) in [6, 6.07) is 6.31. The van der Waals surface area contributed by atoms with E-state index < -0.39 is 0 Å². The van der Waals surface area contributed by atoms with Crippen LogP contribution < -0.4 is 5.32 Å². The zero-order valence-electron chi connectivity index (χ0n) is 10.3. The molecule has 2 rings (SSSR count). The van der Waals surface area contributed by atoms with E-state index in [4.69, 9.17) is 16.3 Å². The number of halogens is 1. The maximum absolute atomic E-state index is 6.38. The van der Waals surface area contributed by atoms with Crippen molar-refractivity contribution >= 4 is 11.6 Å². The van der Waals surface area contributed by atoms with Crippen molar-refractivity contribution in [3.05, 3.63) is 46.2 Å². The minimum Gasteiger partial charge on any atom is -0.501 e. The molecule has 0 fully saturated rings. The minimum atomic E-state index is 0.155. The second kappa shape index (κ2) is 5.56. The van der Waals surface area contributed by atoms with Crippen molar-refractivity contribution in [3.63, 3.8) is 0 Å². The Hall–Kier alpha value is -0.990. The van der Waals surface area contributed by atoms with Gasteiger partial charge in [-0.05, 0) is 43.5 Å². The fraction of sp³-hybridized carbons (Fsp3) is 0.429. The Morgan fingerprint density at radius 1 is 1.41 bits per heavy atom. The van der Waals surface area contributed by atoms with Crippen LogP contribution >= 0.6 is 11.6 Å². The van der Waals surface area contributed by atoms with E-state index in [1.165, 1.54) is 5.57 Å². The molecule has 0 saturated heterocycles. The van der Waals surface area contributed by atoms with Gasteiger partial charge in [-0.25, -0.2) is 0 Å². The normalized spacial score (nSPS) is 17.2. The molecule has 1 aromatic rings. The summed E-state index contributed by atoms with van der Waals surface area (Å²) in [7, 11) is 1.96. The second-order valence-corrected chi connectivity index (χ2v) is 4.74. The molecule has 3 heteroatoms. The Morgan fingerprint density at radius 3 is 2.88 bits per heavy atom. The van der Waals surface area contributed by atoms with Crippen molar-refractivity contribution in [1.29, 1.82) is 0 Å². The van der Waals surface area contributed by atoms with Crippen molar-refractivity contribution in [2.45, 2.75) is 25.8 Å². The Labute approximate surface area is 108 Å². The fourth-order valence-corrected chi connectivity index (χ4v) is 2.47.